The molecule has 2 aromatic carbocycles. The molecule has 142 valence electrons. The lowest BCUT2D eigenvalue weighted by molar-refractivity contribution is -0.138. The van der Waals surface area contributed by atoms with Crippen molar-refractivity contribution >= 4 is 28.6 Å². The van der Waals surface area contributed by atoms with Gasteiger partial charge in [-0.15, -0.1) is 0 Å². The average Bonchev–Trinajstić information content (AvgIpc) is 2.66. The van der Waals surface area contributed by atoms with Crippen molar-refractivity contribution in [1.29, 1.82) is 0 Å². The quantitative estimate of drug-likeness (QED) is 0.850. The summed E-state index contributed by atoms with van der Waals surface area (Å²) in [6, 6.07) is 12.9. The van der Waals surface area contributed by atoms with Gasteiger partial charge in [-0.3, -0.25) is 14.4 Å². The van der Waals surface area contributed by atoms with Crippen LogP contribution in [0.25, 0.3) is 10.8 Å². The second-order valence-corrected chi connectivity index (χ2v) is 7.01. The molecule has 2 N–H and O–H groups in total. The van der Waals surface area contributed by atoms with Gasteiger partial charge in [0.1, 0.15) is 0 Å². The fourth-order valence-electron chi connectivity index (χ4n) is 3.71. The summed E-state index contributed by atoms with van der Waals surface area (Å²) in [6.07, 6.45) is 1.02. The number of piperidine rings is 1. The van der Waals surface area contributed by atoms with E-state index < -0.39 is 12.0 Å². The minimum Gasteiger partial charge on any atom is -0.481 e. The lowest BCUT2D eigenvalue weighted by atomic mass is 9.93. The molecule has 0 aromatic heterocycles. The molecule has 0 spiro atoms. The molecule has 1 fully saturated rings. The smallest absolute Gasteiger partial charge is 0.305 e. The van der Waals surface area contributed by atoms with E-state index in [1.807, 2.05) is 42.5 Å². The Kier molecular flexibility index (Phi) is 5.74. The van der Waals surface area contributed by atoms with E-state index in [4.69, 9.17) is 0 Å². The Bertz CT molecular complexity index is 851. The van der Waals surface area contributed by atoms with Crippen molar-refractivity contribution in [3.63, 3.8) is 0 Å². The van der Waals surface area contributed by atoms with Gasteiger partial charge in [0, 0.05) is 25.9 Å². The molecule has 0 unspecified atom stereocenters. The Morgan fingerprint density at radius 2 is 1.78 bits per heavy atom. The van der Waals surface area contributed by atoms with Gasteiger partial charge < -0.3 is 15.3 Å². The van der Waals surface area contributed by atoms with Gasteiger partial charge in [-0.1, -0.05) is 42.5 Å². The van der Waals surface area contributed by atoms with Gasteiger partial charge in [0.25, 0.3) is 0 Å². The molecule has 1 atom stereocenters. The third-order valence-corrected chi connectivity index (χ3v) is 5.21. The van der Waals surface area contributed by atoms with Gasteiger partial charge in [-0.05, 0) is 29.2 Å². The van der Waals surface area contributed by atoms with Crippen molar-refractivity contribution in [1.82, 2.24) is 10.2 Å². The van der Waals surface area contributed by atoms with Crippen LogP contribution in [-0.2, 0) is 14.4 Å². The Hall–Kier alpha value is -2.89. The minimum absolute atomic E-state index is 0.0216. The minimum atomic E-state index is -0.959. The molecule has 1 aliphatic rings. The largest absolute Gasteiger partial charge is 0.481 e. The molecule has 6 heteroatoms. The Morgan fingerprint density at radius 3 is 2.44 bits per heavy atom. The van der Waals surface area contributed by atoms with Gasteiger partial charge >= 0.3 is 5.97 Å². The van der Waals surface area contributed by atoms with E-state index in [-0.39, 0.29) is 24.2 Å². The summed E-state index contributed by atoms with van der Waals surface area (Å²) in [5.74, 6) is -1.28. The number of rotatable bonds is 5. The molecule has 1 heterocycles. The average molecular weight is 368 g/mol. The molecule has 3 rings (SSSR count). The SMILES string of the molecule is CC(=O)N1CCC(C(=O)N[C@H](CC(=O)O)c2cccc3ccccc23)CC1. The summed E-state index contributed by atoms with van der Waals surface area (Å²) >= 11 is 0. The first-order valence-electron chi connectivity index (χ1n) is 9.21. The number of likely N-dealkylation sites (tertiary alicyclic amines) is 1. The summed E-state index contributed by atoms with van der Waals surface area (Å²) in [4.78, 5) is 37.4. The van der Waals surface area contributed by atoms with Gasteiger partial charge in [-0.25, -0.2) is 0 Å². The molecule has 0 saturated carbocycles. The molecule has 0 aliphatic carbocycles. The van der Waals surface area contributed by atoms with Crippen LogP contribution in [0, 0.1) is 5.92 Å². The second kappa shape index (κ2) is 8.20. The number of carbonyl (C=O) groups is 3. The molecule has 0 bridgehead atoms. The highest BCUT2D eigenvalue weighted by Gasteiger charge is 2.28. The molecule has 1 aliphatic heterocycles. The van der Waals surface area contributed by atoms with E-state index in [2.05, 4.69) is 5.32 Å². The van der Waals surface area contributed by atoms with Gasteiger partial charge in [0.2, 0.25) is 11.8 Å². The maximum Gasteiger partial charge on any atom is 0.305 e. The maximum atomic E-state index is 12.8. The summed E-state index contributed by atoms with van der Waals surface area (Å²) in [6.45, 7) is 2.65. The van der Waals surface area contributed by atoms with Crippen LogP contribution in [0.3, 0.4) is 0 Å². The van der Waals surface area contributed by atoms with E-state index >= 15 is 0 Å². The van der Waals surface area contributed by atoms with E-state index in [1.165, 1.54) is 6.92 Å². The van der Waals surface area contributed by atoms with Crippen molar-refractivity contribution < 1.29 is 19.5 Å². The molecule has 1 saturated heterocycles. The van der Waals surface area contributed by atoms with Gasteiger partial charge in [-0.2, -0.15) is 0 Å². The first-order valence-corrected chi connectivity index (χ1v) is 9.21. The highest BCUT2D eigenvalue weighted by Crippen LogP contribution is 2.27. The number of carboxylic acids is 1. The lowest BCUT2D eigenvalue weighted by Gasteiger charge is -2.31. The van der Waals surface area contributed by atoms with Crippen LogP contribution in [0.5, 0.6) is 0 Å². The maximum absolute atomic E-state index is 12.8. The van der Waals surface area contributed by atoms with Crippen LogP contribution in [0.2, 0.25) is 0 Å². The van der Waals surface area contributed by atoms with Gasteiger partial charge in [0.15, 0.2) is 0 Å². The Balaban J connectivity index is 1.78. The van der Waals surface area contributed by atoms with Crippen molar-refractivity contribution in [2.24, 2.45) is 5.92 Å². The summed E-state index contributed by atoms with van der Waals surface area (Å²) in [5.41, 5.74) is 0.810. The first-order chi connectivity index (χ1) is 13.0. The number of nitrogens with zero attached hydrogens (tertiary/aromatic N) is 1. The number of carbonyl (C=O) groups excluding carboxylic acids is 2. The monoisotopic (exact) mass is 368 g/mol. The van der Waals surface area contributed by atoms with Crippen LogP contribution in [0.15, 0.2) is 42.5 Å². The number of hydrogen-bond donors (Lipinski definition) is 2. The predicted molar refractivity (Wildman–Crippen MR) is 102 cm³/mol. The molecule has 2 aromatic rings. The zero-order chi connectivity index (χ0) is 19.4. The van der Waals surface area contributed by atoms with Crippen molar-refractivity contribution in [2.75, 3.05) is 13.1 Å². The Labute approximate surface area is 158 Å². The highest BCUT2D eigenvalue weighted by molar-refractivity contribution is 5.88. The first kappa shape index (κ1) is 18.9. The molecule has 0 radical (unpaired) electrons. The van der Waals surface area contributed by atoms with E-state index in [9.17, 15) is 19.5 Å². The third kappa shape index (κ3) is 4.45. The number of nitrogens with one attached hydrogen (secondary N) is 1. The topological polar surface area (TPSA) is 86.7 Å². The zero-order valence-electron chi connectivity index (χ0n) is 15.4. The standard InChI is InChI=1S/C21H24N2O4/c1-14(24)23-11-9-16(10-12-23)21(27)22-19(13-20(25)26)18-8-4-6-15-5-2-3-7-17(15)18/h2-8,16,19H,9-13H2,1H3,(H,22,27)(H,25,26)/t19-/m1/s1. The fraction of sp³-hybridized carbons (Fsp3) is 0.381. The van der Waals surface area contributed by atoms with Crippen LogP contribution in [0.4, 0.5) is 0 Å². The normalized spacial score (nSPS) is 16.1. The number of fused-ring (bicyclic) bond motifs is 1. The van der Waals surface area contributed by atoms with Crippen LogP contribution >= 0.6 is 0 Å². The predicted octanol–water partition coefficient (Wildman–Crippen LogP) is 2.73. The van der Waals surface area contributed by atoms with Crippen molar-refractivity contribution in [2.45, 2.75) is 32.2 Å². The molecule has 2 amide bonds. The second-order valence-electron chi connectivity index (χ2n) is 7.01. The fourth-order valence-corrected chi connectivity index (χ4v) is 3.71. The number of amides is 2. The molecular formula is C21H24N2O4. The van der Waals surface area contributed by atoms with E-state index in [1.54, 1.807) is 4.90 Å². The van der Waals surface area contributed by atoms with Crippen molar-refractivity contribution in [3.05, 3.63) is 48.0 Å². The number of benzene rings is 2. The van der Waals surface area contributed by atoms with Crippen LogP contribution in [0.1, 0.15) is 37.8 Å². The number of hydrogen-bond acceptors (Lipinski definition) is 3. The molecular weight excluding hydrogens is 344 g/mol. The van der Waals surface area contributed by atoms with E-state index in [0.717, 1.165) is 16.3 Å². The molecule has 27 heavy (non-hydrogen) atoms. The molecule has 6 nitrogen and oxygen atoms in total. The van der Waals surface area contributed by atoms with Gasteiger partial charge in [0.05, 0.1) is 12.5 Å². The summed E-state index contributed by atoms with van der Waals surface area (Å²) < 4.78 is 0. The number of carboxylic acid groups (broad SMARTS) is 1. The van der Waals surface area contributed by atoms with Crippen LogP contribution < -0.4 is 5.32 Å². The van der Waals surface area contributed by atoms with Crippen molar-refractivity contribution in [3.8, 4) is 0 Å². The summed E-state index contributed by atoms with van der Waals surface area (Å²) in [5, 5.41) is 14.2. The lowest BCUT2D eigenvalue weighted by Crippen LogP contribution is -2.43. The van der Waals surface area contributed by atoms with Crippen LogP contribution in [-0.4, -0.2) is 40.9 Å². The Morgan fingerprint density at radius 1 is 1.11 bits per heavy atom. The third-order valence-electron chi connectivity index (χ3n) is 5.21. The number of aliphatic carboxylic acids is 1. The summed E-state index contributed by atoms with van der Waals surface area (Å²) in [7, 11) is 0. The highest BCUT2D eigenvalue weighted by atomic mass is 16.4. The zero-order valence-corrected chi connectivity index (χ0v) is 15.4. The van der Waals surface area contributed by atoms with E-state index in [0.29, 0.717) is 25.9 Å².